The molecule has 0 saturated heterocycles. The van der Waals surface area contributed by atoms with E-state index in [1.807, 2.05) is 0 Å². The van der Waals surface area contributed by atoms with Gasteiger partial charge in [0.1, 0.15) is 7.85 Å². The Bertz CT molecular complexity index is 89.2. The van der Waals surface area contributed by atoms with E-state index < -0.39 is 0 Å². The van der Waals surface area contributed by atoms with Crippen LogP contribution < -0.4 is 0 Å². The average molecular weight is 166 g/mol. The van der Waals surface area contributed by atoms with Gasteiger partial charge < -0.3 is 0 Å². The van der Waals surface area contributed by atoms with Gasteiger partial charge in [-0.2, -0.15) is 0 Å². The lowest BCUT2D eigenvalue weighted by atomic mass is 9.79. The van der Waals surface area contributed by atoms with E-state index in [1.54, 1.807) is 0 Å². The molecule has 0 radical (unpaired) electrons. The van der Waals surface area contributed by atoms with Crippen molar-refractivity contribution < 1.29 is 0 Å². The van der Waals surface area contributed by atoms with Crippen LogP contribution in [0.3, 0.4) is 0 Å². The Labute approximate surface area is 78.5 Å². The summed E-state index contributed by atoms with van der Waals surface area (Å²) in [5, 5.41) is 0. The molecule has 1 heteroatoms. The van der Waals surface area contributed by atoms with Gasteiger partial charge in [0.2, 0.25) is 0 Å². The quantitative estimate of drug-likeness (QED) is 0.484. The summed E-state index contributed by atoms with van der Waals surface area (Å²) >= 11 is 0. The van der Waals surface area contributed by atoms with Crippen LogP contribution in [0.5, 0.6) is 0 Å². The van der Waals surface area contributed by atoms with Crippen LogP contribution in [0, 0.1) is 0 Å². The van der Waals surface area contributed by atoms with Crippen molar-refractivity contribution in [3.05, 3.63) is 0 Å². The summed E-state index contributed by atoms with van der Waals surface area (Å²) in [6.07, 6.45) is 14.9. The van der Waals surface area contributed by atoms with Crippen LogP contribution in [-0.4, -0.2) is 7.85 Å². The van der Waals surface area contributed by atoms with Crippen LogP contribution in [0.1, 0.15) is 64.2 Å². The predicted octanol–water partition coefficient (Wildman–Crippen LogP) is 3.32. The molecule has 12 heavy (non-hydrogen) atoms. The molecule has 0 bridgehead atoms. The molecule has 0 nitrogen and oxygen atoms in total. The van der Waals surface area contributed by atoms with Gasteiger partial charge in [-0.05, 0) is 0 Å². The fraction of sp³-hybridized carbons (Fsp3) is 1.00. The van der Waals surface area contributed by atoms with Crippen molar-refractivity contribution in [1.29, 1.82) is 0 Å². The fourth-order valence-electron chi connectivity index (χ4n) is 2.19. The number of rotatable bonds is 0. The summed E-state index contributed by atoms with van der Waals surface area (Å²) < 4.78 is 0. The summed E-state index contributed by atoms with van der Waals surface area (Å²) in [4.78, 5) is 0. The van der Waals surface area contributed by atoms with E-state index in [9.17, 15) is 0 Å². The van der Waals surface area contributed by atoms with E-state index in [0.717, 1.165) is 5.82 Å². The van der Waals surface area contributed by atoms with E-state index in [-0.39, 0.29) is 0 Å². The summed E-state index contributed by atoms with van der Waals surface area (Å²) in [5.74, 6) is 1.00. The third-order valence-electron chi connectivity index (χ3n) is 3.14. The first-order valence-electron chi connectivity index (χ1n) is 5.89. The topological polar surface area (TPSA) is 0 Å². The minimum absolute atomic E-state index is 1.00. The van der Waals surface area contributed by atoms with Gasteiger partial charge in [-0.3, -0.25) is 0 Å². The van der Waals surface area contributed by atoms with Crippen LogP contribution in [0.2, 0.25) is 5.82 Å². The number of hydrogen-bond acceptors (Lipinski definition) is 0. The van der Waals surface area contributed by atoms with E-state index in [4.69, 9.17) is 0 Å². The lowest BCUT2D eigenvalue weighted by Crippen LogP contribution is -1.92. The van der Waals surface area contributed by atoms with Crippen LogP contribution >= 0.6 is 0 Å². The summed E-state index contributed by atoms with van der Waals surface area (Å²) in [5.41, 5.74) is 0. The molecule has 0 aromatic carbocycles. The van der Waals surface area contributed by atoms with Crippen molar-refractivity contribution in [1.82, 2.24) is 0 Å². The molecule has 0 spiro atoms. The van der Waals surface area contributed by atoms with Crippen molar-refractivity contribution in [2.75, 3.05) is 0 Å². The maximum Gasteiger partial charge on any atom is 0.105 e. The lowest BCUT2D eigenvalue weighted by Gasteiger charge is -2.08. The van der Waals surface area contributed by atoms with Crippen molar-refractivity contribution >= 4 is 7.85 Å². The molecule has 0 amide bonds. The number of hydrogen-bond donors (Lipinski definition) is 0. The molecule has 1 rings (SSSR count). The SMILES string of the molecule is BC1CCCCCCCCCC1. The van der Waals surface area contributed by atoms with Gasteiger partial charge in [0.15, 0.2) is 0 Å². The Hall–Kier alpha value is 0.0649. The highest BCUT2D eigenvalue weighted by atomic mass is 14.1. The molecule has 1 saturated carbocycles. The van der Waals surface area contributed by atoms with Gasteiger partial charge in [-0.15, -0.1) is 0 Å². The lowest BCUT2D eigenvalue weighted by molar-refractivity contribution is 0.584. The zero-order chi connectivity index (χ0) is 8.65. The average Bonchev–Trinajstić information content (AvgIpc) is 2.11. The second-order valence-corrected chi connectivity index (χ2v) is 4.51. The minimum atomic E-state index is 1.00. The Morgan fingerprint density at radius 1 is 0.583 bits per heavy atom. The minimum Gasteiger partial charge on any atom is -0.0697 e. The van der Waals surface area contributed by atoms with Gasteiger partial charge in [0.25, 0.3) is 0 Å². The highest BCUT2D eigenvalue weighted by molar-refractivity contribution is 6.11. The van der Waals surface area contributed by atoms with E-state index in [1.165, 1.54) is 64.2 Å². The molecule has 70 valence electrons. The first-order chi connectivity index (χ1) is 5.89. The molecule has 0 aromatic rings. The molecular formula is C11H23B. The zero-order valence-corrected chi connectivity index (χ0v) is 8.65. The van der Waals surface area contributed by atoms with Gasteiger partial charge in [-0.1, -0.05) is 70.0 Å². The maximum absolute atomic E-state index is 2.43. The third-order valence-corrected chi connectivity index (χ3v) is 3.14. The zero-order valence-electron chi connectivity index (χ0n) is 8.65. The second-order valence-electron chi connectivity index (χ2n) is 4.51. The van der Waals surface area contributed by atoms with Crippen LogP contribution in [0.25, 0.3) is 0 Å². The second kappa shape index (κ2) is 6.57. The van der Waals surface area contributed by atoms with Crippen LogP contribution in [0.15, 0.2) is 0 Å². The fourth-order valence-corrected chi connectivity index (χ4v) is 2.19. The first-order valence-corrected chi connectivity index (χ1v) is 5.89. The van der Waals surface area contributed by atoms with Gasteiger partial charge in [0.05, 0.1) is 0 Å². The molecule has 0 aromatic heterocycles. The Morgan fingerprint density at radius 3 is 1.33 bits per heavy atom. The van der Waals surface area contributed by atoms with Crippen molar-refractivity contribution in [2.45, 2.75) is 70.0 Å². The monoisotopic (exact) mass is 166 g/mol. The van der Waals surface area contributed by atoms with Gasteiger partial charge in [-0.25, -0.2) is 0 Å². The first kappa shape index (κ1) is 10.1. The van der Waals surface area contributed by atoms with Crippen molar-refractivity contribution in [3.8, 4) is 0 Å². The molecule has 0 unspecified atom stereocenters. The van der Waals surface area contributed by atoms with Crippen molar-refractivity contribution in [3.63, 3.8) is 0 Å². The Morgan fingerprint density at radius 2 is 0.917 bits per heavy atom. The van der Waals surface area contributed by atoms with E-state index in [2.05, 4.69) is 7.85 Å². The molecule has 0 heterocycles. The van der Waals surface area contributed by atoms with Gasteiger partial charge in [0, 0.05) is 0 Å². The molecule has 0 aliphatic heterocycles. The smallest absolute Gasteiger partial charge is 0.0697 e. The Balaban J connectivity index is 2.13. The molecule has 0 N–H and O–H groups in total. The van der Waals surface area contributed by atoms with Crippen LogP contribution in [0.4, 0.5) is 0 Å². The van der Waals surface area contributed by atoms with Gasteiger partial charge >= 0.3 is 0 Å². The largest absolute Gasteiger partial charge is 0.105 e. The molecular weight excluding hydrogens is 143 g/mol. The Kier molecular flexibility index (Phi) is 5.55. The molecule has 1 aliphatic carbocycles. The van der Waals surface area contributed by atoms with E-state index in [0.29, 0.717) is 0 Å². The van der Waals surface area contributed by atoms with Crippen LogP contribution in [-0.2, 0) is 0 Å². The highest BCUT2D eigenvalue weighted by Gasteiger charge is 2.03. The third kappa shape index (κ3) is 4.85. The van der Waals surface area contributed by atoms with E-state index >= 15 is 0 Å². The summed E-state index contributed by atoms with van der Waals surface area (Å²) in [6, 6.07) is 0. The normalized spacial score (nSPS) is 24.7. The predicted molar refractivity (Wildman–Crippen MR) is 58.5 cm³/mol. The van der Waals surface area contributed by atoms with Crippen molar-refractivity contribution in [2.24, 2.45) is 0 Å². The molecule has 0 atom stereocenters. The molecule has 1 fully saturated rings. The summed E-state index contributed by atoms with van der Waals surface area (Å²) in [7, 11) is 2.43. The highest BCUT2D eigenvalue weighted by Crippen LogP contribution is 2.22. The maximum atomic E-state index is 2.43. The standard InChI is InChI=1S/C11H23B/c12-11-9-7-5-3-1-2-4-6-8-10-11/h11H,1-10,12H2. The summed E-state index contributed by atoms with van der Waals surface area (Å²) in [6.45, 7) is 0. The molecule has 1 aliphatic rings.